The first kappa shape index (κ1) is 15.9. The molecule has 4 nitrogen and oxygen atoms in total. The number of amides is 1. The number of halogens is 2. The van der Waals surface area contributed by atoms with Crippen molar-refractivity contribution >= 4 is 33.4 Å². The standard InChI is InChI=1S/C15H15BrClNO3/c1-2-7-18-15(19)14-6-4-11(21-14)9-20-13-5-3-10(16)8-12(13)17/h3-6,8H,2,7,9H2,1H3,(H,18,19). The molecular weight excluding hydrogens is 358 g/mol. The maximum atomic E-state index is 11.7. The molecular formula is C15H15BrClNO3. The molecule has 112 valence electrons. The molecule has 6 heteroatoms. The smallest absolute Gasteiger partial charge is 0.286 e. The Kier molecular flexibility index (Phi) is 5.70. The number of nitrogens with one attached hydrogen (secondary N) is 1. The predicted molar refractivity (Wildman–Crippen MR) is 84.8 cm³/mol. The SMILES string of the molecule is CCCNC(=O)c1ccc(COc2ccc(Br)cc2Cl)o1. The zero-order valence-electron chi connectivity index (χ0n) is 11.5. The van der Waals surface area contributed by atoms with Gasteiger partial charge in [-0.05, 0) is 36.8 Å². The predicted octanol–water partition coefficient (Wildman–Crippen LogP) is 4.41. The average molecular weight is 373 g/mol. The Labute approximate surface area is 136 Å². The van der Waals surface area contributed by atoms with Crippen LogP contribution in [0.4, 0.5) is 0 Å². The van der Waals surface area contributed by atoms with Crippen molar-refractivity contribution in [2.45, 2.75) is 20.0 Å². The zero-order valence-corrected chi connectivity index (χ0v) is 13.8. The van der Waals surface area contributed by atoms with E-state index >= 15 is 0 Å². The van der Waals surface area contributed by atoms with Gasteiger partial charge >= 0.3 is 0 Å². The second-order valence-corrected chi connectivity index (χ2v) is 5.71. The van der Waals surface area contributed by atoms with E-state index in [1.54, 1.807) is 24.3 Å². The maximum absolute atomic E-state index is 11.7. The molecule has 0 atom stereocenters. The minimum Gasteiger partial charge on any atom is -0.484 e. The van der Waals surface area contributed by atoms with E-state index in [0.717, 1.165) is 10.9 Å². The topological polar surface area (TPSA) is 51.5 Å². The number of furan rings is 1. The minimum atomic E-state index is -0.218. The highest BCUT2D eigenvalue weighted by Crippen LogP contribution is 2.28. The molecule has 2 aromatic rings. The highest BCUT2D eigenvalue weighted by Gasteiger charge is 2.11. The molecule has 0 radical (unpaired) electrons. The molecule has 1 aromatic heterocycles. The van der Waals surface area contributed by atoms with Crippen LogP contribution in [-0.2, 0) is 6.61 Å². The quantitative estimate of drug-likeness (QED) is 0.817. The van der Waals surface area contributed by atoms with Crippen LogP contribution in [0.5, 0.6) is 5.75 Å². The molecule has 0 spiro atoms. The summed E-state index contributed by atoms with van der Waals surface area (Å²) in [6.07, 6.45) is 0.879. The number of carbonyl (C=O) groups excluding carboxylic acids is 1. The van der Waals surface area contributed by atoms with Gasteiger partial charge in [-0.15, -0.1) is 0 Å². The molecule has 0 aliphatic rings. The average Bonchev–Trinajstić information content (AvgIpc) is 2.93. The van der Waals surface area contributed by atoms with Crippen LogP contribution >= 0.6 is 27.5 Å². The van der Waals surface area contributed by atoms with E-state index in [1.165, 1.54) is 0 Å². The number of rotatable bonds is 6. The molecule has 1 N–H and O–H groups in total. The zero-order chi connectivity index (χ0) is 15.2. The van der Waals surface area contributed by atoms with Crippen LogP contribution in [0.1, 0.15) is 29.7 Å². The van der Waals surface area contributed by atoms with Crippen LogP contribution in [0.15, 0.2) is 39.2 Å². The fraction of sp³-hybridized carbons (Fsp3) is 0.267. The Balaban J connectivity index is 1.95. The maximum Gasteiger partial charge on any atom is 0.286 e. The minimum absolute atomic E-state index is 0.211. The summed E-state index contributed by atoms with van der Waals surface area (Å²) in [7, 11) is 0. The van der Waals surface area contributed by atoms with Crippen LogP contribution in [0, 0.1) is 0 Å². The normalized spacial score (nSPS) is 10.4. The Bertz CT molecular complexity index is 627. The first-order valence-corrected chi connectivity index (χ1v) is 7.72. The van der Waals surface area contributed by atoms with Gasteiger partial charge in [0.15, 0.2) is 5.76 Å². The third-order valence-electron chi connectivity index (χ3n) is 2.68. The lowest BCUT2D eigenvalue weighted by Gasteiger charge is -2.06. The summed E-state index contributed by atoms with van der Waals surface area (Å²) >= 11 is 9.39. The lowest BCUT2D eigenvalue weighted by atomic mass is 10.3. The lowest BCUT2D eigenvalue weighted by Crippen LogP contribution is -2.23. The van der Waals surface area contributed by atoms with Crippen LogP contribution < -0.4 is 10.1 Å². The molecule has 1 heterocycles. The van der Waals surface area contributed by atoms with Crippen molar-refractivity contribution in [2.24, 2.45) is 0 Å². The summed E-state index contributed by atoms with van der Waals surface area (Å²) in [5, 5.41) is 3.26. The highest BCUT2D eigenvalue weighted by molar-refractivity contribution is 9.10. The number of carbonyl (C=O) groups is 1. The van der Waals surface area contributed by atoms with Crippen molar-refractivity contribution < 1.29 is 13.9 Å². The van der Waals surface area contributed by atoms with E-state index in [-0.39, 0.29) is 18.3 Å². The Hall–Kier alpha value is -1.46. The van der Waals surface area contributed by atoms with Gasteiger partial charge in [-0.1, -0.05) is 34.5 Å². The third kappa shape index (κ3) is 4.51. The van der Waals surface area contributed by atoms with E-state index in [2.05, 4.69) is 21.2 Å². The Morgan fingerprint density at radius 2 is 2.19 bits per heavy atom. The summed E-state index contributed by atoms with van der Waals surface area (Å²) in [5.41, 5.74) is 0. The summed E-state index contributed by atoms with van der Waals surface area (Å²) < 4.78 is 11.9. The molecule has 1 aromatic carbocycles. The molecule has 0 saturated heterocycles. The highest BCUT2D eigenvalue weighted by atomic mass is 79.9. The molecule has 0 fully saturated rings. The van der Waals surface area contributed by atoms with Crippen molar-refractivity contribution in [3.05, 3.63) is 51.3 Å². The van der Waals surface area contributed by atoms with E-state index < -0.39 is 0 Å². The van der Waals surface area contributed by atoms with Gasteiger partial charge in [-0.3, -0.25) is 4.79 Å². The van der Waals surface area contributed by atoms with E-state index in [9.17, 15) is 4.79 Å². The number of benzene rings is 1. The van der Waals surface area contributed by atoms with Crippen molar-refractivity contribution in [3.63, 3.8) is 0 Å². The van der Waals surface area contributed by atoms with Crippen LogP contribution in [0.3, 0.4) is 0 Å². The van der Waals surface area contributed by atoms with Crippen LogP contribution in [0.2, 0.25) is 5.02 Å². The first-order valence-electron chi connectivity index (χ1n) is 6.55. The van der Waals surface area contributed by atoms with Gasteiger partial charge in [0.25, 0.3) is 5.91 Å². The largest absolute Gasteiger partial charge is 0.484 e. The number of ether oxygens (including phenoxy) is 1. The fourth-order valence-corrected chi connectivity index (χ4v) is 2.37. The van der Waals surface area contributed by atoms with Crippen molar-refractivity contribution in [1.29, 1.82) is 0 Å². The summed E-state index contributed by atoms with van der Waals surface area (Å²) in [4.78, 5) is 11.7. The monoisotopic (exact) mass is 371 g/mol. The molecule has 2 rings (SSSR count). The molecule has 0 aliphatic carbocycles. The van der Waals surface area contributed by atoms with Gasteiger partial charge in [-0.25, -0.2) is 0 Å². The van der Waals surface area contributed by atoms with Gasteiger partial charge in [0.1, 0.15) is 18.1 Å². The molecule has 0 saturated carbocycles. The molecule has 1 amide bonds. The summed E-state index contributed by atoms with van der Waals surface area (Å²) in [5.74, 6) is 1.19. The molecule has 0 unspecified atom stereocenters. The molecule has 0 aliphatic heterocycles. The van der Waals surface area contributed by atoms with Gasteiger partial charge in [0.05, 0.1) is 5.02 Å². The van der Waals surface area contributed by atoms with E-state index in [0.29, 0.717) is 23.1 Å². The van der Waals surface area contributed by atoms with Crippen LogP contribution in [0.25, 0.3) is 0 Å². The van der Waals surface area contributed by atoms with Crippen molar-refractivity contribution in [3.8, 4) is 5.75 Å². The molecule has 21 heavy (non-hydrogen) atoms. The van der Waals surface area contributed by atoms with Crippen molar-refractivity contribution in [2.75, 3.05) is 6.54 Å². The van der Waals surface area contributed by atoms with Crippen LogP contribution in [-0.4, -0.2) is 12.5 Å². The van der Waals surface area contributed by atoms with Gasteiger partial charge in [0, 0.05) is 11.0 Å². The Morgan fingerprint density at radius 1 is 1.38 bits per heavy atom. The van der Waals surface area contributed by atoms with Gasteiger partial charge < -0.3 is 14.5 Å². The summed E-state index contributed by atoms with van der Waals surface area (Å²) in [6.45, 7) is 2.83. The van der Waals surface area contributed by atoms with Gasteiger partial charge in [0.2, 0.25) is 0 Å². The van der Waals surface area contributed by atoms with Gasteiger partial charge in [-0.2, -0.15) is 0 Å². The fourth-order valence-electron chi connectivity index (χ4n) is 1.64. The second-order valence-electron chi connectivity index (χ2n) is 4.39. The van der Waals surface area contributed by atoms with Crippen molar-refractivity contribution in [1.82, 2.24) is 5.32 Å². The number of hydrogen-bond donors (Lipinski definition) is 1. The molecule has 0 bridgehead atoms. The second kappa shape index (κ2) is 7.52. The summed E-state index contributed by atoms with van der Waals surface area (Å²) in [6, 6.07) is 8.71. The number of hydrogen-bond acceptors (Lipinski definition) is 3. The van der Waals surface area contributed by atoms with E-state index in [1.807, 2.05) is 13.0 Å². The lowest BCUT2D eigenvalue weighted by molar-refractivity contribution is 0.0922. The third-order valence-corrected chi connectivity index (χ3v) is 3.47. The Morgan fingerprint density at radius 3 is 2.90 bits per heavy atom. The van der Waals surface area contributed by atoms with E-state index in [4.69, 9.17) is 20.8 Å². The first-order chi connectivity index (χ1) is 10.1.